The van der Waals surface area contributed by atoms with Gasteiger partial charge in [-0.3, -0.25) is 0 Å². The van der Waals surface area contributed by atoms with E-state index in [1.807, 2.05) is 0 Å². The van der Waals surface area contributed by atoms with Gasteiger partial charge < -0.3 is 10.2 Å². The van der Waals surface area contributed by atoms with Gasteiger partial charge in [-0.25, -0.2) is 0 Å². The van der Waals surface area contributed by atoms with Gasteiger partial charge in [0.1, 0.15) is 0 Å². The topological polar surface area (TPSA) is 15.3 Å². The Labute approximate surface area is 99.8 Å². The molecule has 1 N–H and O–H groups in total. The van der Waals surface area contributed by atoms with Gasteiger partial charge >= 0.3 is 0 Å². The Hall–Kier alpha value is -0.0800. The van der Waals surface area contributed by atoms with E-state index in [-0.39, 0.29) is 0 Å². The monoisotopic (exact) mass is 222 g/mol. The largest absolute Gasteiger partial charge is 0.311 e. The van der Waals surface area contributed by atoms with Crippen LogP contribution < -0.4 is 5.32 Å². The van der Waals surface area contributed by atoms with Gasteiger partial charge in [-0.1, -0.05) is 6.42 Å². The van der Waals surface area contributed by atoms with E-state index >= 15 is 0 Å². The number of fused-ring (bicyclic) bond motifs is 2. The normalized spacial score (nSPS) is 44.8. The van der Waals surface area contributed by atoms with E-state index in [0.717, 1.165) is 23.9 Å². The van der Waals surface area contributed by atoms with Crippen molar-refractivity contribution < 1.29 is 0 Å². The quantitative estimate of drug-likeness (QED) is 0.771. The molecule has 0 aromatic rings. The van der Waals surface area contributed by atoms with E-state index < -0.39 is 0 Å². The van der Waals surface area contributed by atoms with Crippen molar-refractivity contribution in [2.75, 3.05) is 20.1 Å². The van der Waals surface area contributed by atoms with E-state index in [1.54, 1.807) is 0 Å². The van der Waals surface area contributed by atoms with Crippen LogP contribution in [0.5, 0.6) is 0 Å². The second-order valence-corrected chi connectivity index (χ2v) is 6.38. The molecule has 0 radical (unpaired) electrons. The van der Waals surface area contributed by atoms with Crippen molar-refractivity contribution in [1.82, 2.24) is 10.2 Å². The average molecular weight is 222 g/mol. The van der Waals surface area contributed by atoms with Gasteiger partial charge in [-0.2, -0.15) is 0 Å². The third-order valence-corrected chi connectivity index (χ3v) is 5.14. The van der Waals surface area contributed by atoms with Crippen LogP contribution in [-0.4, -0.2) is 37.1 Å². The van der Waals surface area contributed by atoms with Gasteiger partial charge in [0.05, 0.1) is 0 Å². The molecule has 2 saturated carbocycles. The average Bonchev–Trinajstić information content (AvgIpc) is 2.81. The zero-order valence-electron chi connectivity index (χ0n) is 10.6. The molecule has 2 heteroatoms. The van der Waals surface area contributed by atoms with Crippen molar-refractivity contribution in [3.05, 3.63) is 0 Å². The fraction of sp³-hybridized carbons (Fsp3) is 1.00. The third-order valence-electron chi connectivity index (χ3n) is 5.14. The second kappa shape index (κ2) is 4.66. The summed E-state index contributed by atoms with van der Waals surface area (Å²) in [5, 5.41) is 3.98. The molecule has 92 valence electrons. The van der Waals surface area contributed by atoms with Crippen LogP contribution in [-0.2, 0) is 0 Å². The minimum absolute atomic E-state index is 0.814. The summed E-state index contributed by atoms with van der Waals surface area (Å²) < 4.78 is 0. The first-order chi connectivity index (χ1) is 7.81. The van der Waals surface area contributed by atoms with Crippen LogP contribution in [0.15, 0.2) is 0 Å². The lowest BCUT2D eigenvalue weighted by molar-refractivity contribution is 0.298. The van der Waals surface area contributed by atoms with E-state index in [4.69, 9.17) is 0 Å². The van der Waals surface area contributed by atoms with E-state index in [2.05, 4.69) is 17.3 Å². The van der Waals surface area contributed by atoms with Crippen LogP contribution in [0, 0.1) is 11.8 Å². The molecule has 2 nitrogen and oxygen atoms in total. The molecule has 2 bridgehead atoms. The number of nitrogens with zero attached hydrogens (tertiary/aromatic N) is 1. The molecule has 0 spiro atoms. The van der Waals surface area contributed by atoms with Crippen molar-refractivity contribution >= 4 is 0 Å². The second-order valence-electron chi connectivity index (χ2n) is 6.38. The summed E-state index contributed by atoms with van der Waals surface area (Å²) in [7, 11) is 2.26. The first-order valence-electron chi connectivity index (χ1n) is 7.26. The Kier molecular flexibility index (Phi) is 3.21. The molecule has 1 aliphatic heterocycles. The summed E-state index contributed by atoms with van der Waals surface area (Å²) in [6, 6.07) is 1.70. The molecule has 0 amide bonds. The summed E-state index contributed by atoms with van der Waals surface area (Å²) in [5.41, 5.74) is 0. The van der Waals surface area contributed by atoms with E-state index in [0.29, 0.717) is 0 Å². The summed E-state index contributed by atoms with van der Waals surface area (Å²) in [4.78, 5) is 2.49. The SMILES string of the molecule is CN1CCCC(NC2CC3CCC2C3)CC1. The summed E-state index contributed by atoms with van der Waals surface area (Å²) in [5.74, 6) is 2.11. The molecule has 2 aliphatic carbocycles. The van der Waals surface area contributed by atoms with Crippen molar-refractivity contribution in [3.8, 4) is 0 Å². The molecule has 0 aromatic heterocycles. The highest BCUT2D eigenvalue weighted by molar-refractivity contribution is 4.95. The first kappa shape index (κ1) is 11.0. The fourth-order valence-electron chi connectivity index (χ4n) is 4.16. The highest BCUT2D eigenvalue weighted by atomic mass is 15.1. The zero-order valence-corrected chi connectivity index (χ0v) is 10.6. The standard InChI is InChI=1S/C14H26N2/c1-16-7-2-3-13(6-8-16)15-14-10-11-4-5-12(14)9-11/h11-15H,2-10H2,1H3. The van der Waals surface area contributed by atoms with Crippen molar-refractivity contribution in [3.63, 3.8) is 0 Å². The molecule has 4 unspecified atom stereocenters. The van der Waals surface area contributed by atoms with Gasteiger partial charge in [0, 0.05) is 12.1 Å². The third kappa shape index (κ3) is 2.28. The Bertz CT molecular complexity index is 241. The van der Waals surface area contributed by atoms with Crippen LogP contribution in [0.1, 0.15) is 44.9 Å². The molecule has 16 heavy (non-hydrogen) atoms. The van der Waals surface area contributed by atoms with E-state index in [1.165, 1.54) is 58.0 Å². The summed E-state index contributed by atoms with van der Waals surface area (Å²) >= 11 is 0. The smallest absolute Gasteiger partial charge is 0.0101 e. The Morgan fingerprint density at radius 2 is 1.94 bits per heavy atom. The minimum atomic E-state index is 0.814. The van der Waals surface area contributed by atoms with Gasteiger partial charge in [-0.05, 0) is 70.5 Å². The number of hydrogen-bond donors (Lipinski definition) is 1. The van der Waals surface area contributed by atoms with Crippen molar-refractivity contribution in [1.29, 1.82) is 0 Å². The van der Waals surface area contributed by atoms with Gasteiger partial charge in [-0.15, -0.1) is 0 Å². The lowest BCUT2D eigenvalue weighted by Crippen LogP contribution is -2.41. The maximum absolute atomic E-state index is 3.98. The first-order valence-corrected chi connectivity index (χ1v) is 7.26. The fourth-order valence-corrected chi connectivity index (χ4v) is 4.16. The predicted octanol–water partition coefficient (Wildman–Crippen LogP) is 2.25. The highest BCUT2D eigenvalue weighted by Gasteiger charge is 2.39. The Morgan fingerprint density at radius 3 is 2.69 bits per heavy atom. The minimum Gasteiger partial charge on any atom is -0.311 e. The number of rotatable bonds is 2. The van der Waals surface area contributed by atoms with Crippen molar-refractivity contribution in [2.24, 2.45) is 11.8 Å². The van der Waals surface area contributed by atoms with Crippen LogP contribution >= 0.6 is 0 Å². The summed E-state index contributed by atoms with van der Waals surface area (Å²) in [6.45, 7) is 2.59. The molecule has 3 aliphatic rings. The van der Waals surface area contributed by atoms with Gasteiger partial charge in [0.2, 0.25) is 0 Å². The van der Waals surface area contributed by atoms with Crippen LogP contribution in [0.3, 0.4) is 0 Å². The molecular formula is C14H26N2. The molecule has 1 saturated heterocycles. The Balaban J connectivity index is 1.50. The maximum atomic E-state index is 3.98. The zero-order chi connectivity index (χ0) is 11.0. The summed E-state index contributed by atoms with van der Waals surface area (Å²) in [6.07, 6.45) is 10.2. The molecule has 0 aromatic carbocycles. The molecule has 1 heterocycles. The highest BCUT2D eigenvalue weighted by Crippen LogP contribution is 2.44. The van der Waals surface area contributed by atoms with Crippen LogP contribution in [0.25, 0.3) is 0 Å². The molecule has 3 fully saturated rings. The van der Waals surface area contributed by atoms with Crippen molar-refractivity contribution in [2.45, 2.75) is 57.0 Å². The van der Waals surface area contributed by atoms with Crippen LogP contribution in [0.2, 0.25) is 0 Å². The maximum Gasteiger partial charge on any atom is 0.0101 e. The van der Waals surface area contributed by atoms with E-state index in [9.17, 15) is 0 Å². The number of hydrogen-bond acceptors (Lipinski definition) is 2. The number of likely N-dealkylation sites (tertiary alicyclic amines) is 1. The molecular weight excluding hydrogens is 196 g/mol. The van der Waals surface area contributed by atoms with Crippen LogP contribution in [0.4, 0.5) is 0 Å². The predicted molar refractivity (Wildman–Crippen MR) is 67.5 cm³/mol. The lowest BCUT2D eigenvalue weighted by Gasteiger charge is -2.28. The van der Waals surface area contributed by atoms with Gasteiger partial charge in [0.15, 0.2) is 0 Å². The number of nitrogens with one attached hydrogen (secondary N) is 1. The molecule has 4 atom stereocenters. The lowest BCUT2D eigenvalue weighted by atomic mass is 9.94. The molecule has 3 rings (SSSR count). The van der Waals surface area contributed by atoms with Gasteiger partial charge in [0.25, 0.3) is 0 Å². The Morgan fingerprint density at radius 1 is 1.00 bits per heavy atom.